The second-order valence-electron chi connectivity index (χ2n) is 5.03. The van der Waals surface area contributed by atoms with Crippen LogP contribution in [-0.2, 0) is 22.0 Å². The van der Waals surface area contributed by atoms with Crippen molar-refractivity contribution in [3.63, 3.8) is 0 Å². The van der Waals surface area contributed by atoms with Crippen molar-refractivity contribution in [2.45, 2.75) is 18.6 Å². The van der Waals surface area contributed by atoms with Gasteiger partial charge in [-0.2, -0.15) is 0 Å². The lowest BCUT2D eigenvalue weighted by Crippen LogP contribution is -2.10. The molecule has 0 aliphatic carbocycles. The zero-order chi connectivity index (χ0) is 15.1. The molecule has 2 aromatic carbocycles. The molecule has 0 saturated heterocycles. The number of aryl methyl sites for hydroxylation is 1. The van der Waals surface area contributed by atoms with Crippen LogP contribution in [0.4, 0.5) is 0 Å². The quantitative estimate of drug-likeness (QED) is 0.788. The Morgan fingerprint density at radius 1 is 0.952 bits per heavy atom. The maximum Gasteiger partial charge on any atom is 0.154 e. The number of ether oxygens (including phenoxy) is 1. The average Bonchev–Trinajstić information content (AvgIpc) is 2.48. The molecule has 4 heteroatoms. The van der Waals surface area contributed by atoms with Crippen LogP contribution in [0.25, 0.3) is 0 Å². The number of hydrogen-bond acceptors (Lipinski definition) is 3. The molecule has 0 amide bonds. The molecule has 0 aliphatic rings. The summed E-state index contributed by atoms with van der Waals surface area (Å²) in [6.45, 7) is 0. The average molecular weight is 304 g/mol. The van der Waals surface area contributed by atoms with E-state index in [9.17, 15) is 8.42 Å². The van der Waals surface area contributed by atoms with E-state index in [-0.39, 0.29) is 11.5 Å². The number of benzene rings is 2. The first-order valence-electron chi connectivity index (χ1n) is 6.96. The van der Waals surface area contributed by atoms with Gasteiger partial charge in [0.1, 0.15) is 5.75 Å². The lowest BCUT2D eigenvalue weighted by molar-refractivity contribution is 0.414. The summed E-state index contributed by atoms with van der Waals surface area (Å²) >= 11 is 0. The maximum absolute atomic E-state index is 12.1. The Bertz CT molecular complexity index is 663. The lowest BCUT2D eigenvalue weighted by Gasteiger charge is -2.06. The van der Waals surface area contributed by atoms with Crippen LogP contribution < -0.4 is 4.74 Å². The van der Waals surface area contributed by atoms with E-state index in [1.807, 2.05) is 48.5 Å². The fraction of sp³-hybridized carbons (Fsp3) is 0.294. The number of hydrogen-bond donors (Lipinski definition) is 0. The Morgan fingerprint density at radius 3 is 2.38 bits per heavy atom. The largest absolute Gasteiger partial charge is 0.497 e. The Kier molecular flexibility index (Phi) is 5.39. The van der Waals surface area contributed by atoms with Gasteiger partial charge in [-0.05, 0) is 36.1 Å². The summed E-state index contributed by atoms with van der Waals surface area (Å²) < 4.78 is 29.4. The van der Waals surface area contributed by atoms with E-state index >= 15 is 0 Å². The highest BCUT2D eigenvalue weighted by Gasteiger charge is 2.12. The van der Waals surface area contributed by atoms with Gasteiger partial charge in [-0.3, -0.25) is 0 Å². The molecule has 0 aliphatic heterocycles. The smallest absolute Gasteiger partial charge is 0.154 e. The summed E-state index contributed by atoms with van der Waals surface area (Å²) in [4.78, 5) is 0. The third-order valence-corrected chi connectivity index (χ3v) is 4.97. The third kappa shape index (κ3) is 5.23. The zero-order valence-corrected chi connectivity index (χ0v) is 13.0. The molecule has 2 rings (SSSR count). The van der Waals surface area contributed by atoms with Crippen molar-refractivity contribution >= 4 is 9.84 Å². The second-order valence-corrected chi connectivity index (χ2v) is 7.22. The highest BCUT2D eigenvalue weighted by molar-refractivity contribution is 7.90. The predicted octanol–water partition coefficient (Wildman–Crippen LogP) is 3.24. The second kappa shape index (κ2) is 7.27. The van der Waals surface area contributed by atoms with Crippen molar-refractivity contribution in [3.8, 4) is 5.75 Å². The fourth-order valence-corrected chi connectivity index (χ4v) is 3.65. The monoisotopic (exact) mass is 304 g/mol. The molecule has 21 heavy (non-hydrogen) atoms. The van der Waals surface area contributed by atoms with E-state index in [4.69, 9.17) is 4.74 Å². The number of methoxy groups -OCH3 is 1. The molecular weight excluding hydrogens is 284 g/mol. The predicted molar refractivity (Wildman–Crippen MR) is 85.2 cm³/mol. The molecule has 0 bridgehead atoms. The van der Waals surface area contributed by atoms with Gasteiger partial charge < -0.3 is 4.74 Å². The van der Waals surface area contributed by atoms with Crippen LogP contribution in [0.15, 0.2) is 54.6 Å². The molecule has 0 unspecified atom stereocenters. The Hall–Kier alpha value is -1.81. The zero-order valence-electron chi connectivity index (χ0n) is 12.2. The van der Waals surface area contributed by atoms with Crippen molar-refractivity contribution < 1.29 is 13.2 Å². The van der Waals surface area contributed by atoms with Crippen molar-refractivity contribution in [1.29, 1.82) is 0 Å². The van der Waals surface area contributed by atoms with E-state index < -0.39 is 9.84 Å². The molecule has 0 N–H and O–H groups in total. The van der Waals surface area contributed by atoms with Crippen LogP contribution in [0.1, 0.15) is 17.5 Å². The number of rotatable bonds is 7. The summed E-state index contributed by atoms with van der Waals surface area (Å²) in [6.07, 6.45) is 1.44. The Labute approximate surface area is 126 Å². The van der Waals surface area contributed by atoms with Gasteiger partial charge in [0.05, 0.1) is 18.6 Å². The molecule has 0 saturated carbocycles. The molecule has 0 fully saturated rings. The van der Waals surface area contributed by atoms with Gasteiger partial charge in [-0.25, -0.2) is 8.42 Å². The first kappa shape index (κ1) is 15.6. The minimum atomic E-state index is -3.09. The molecule has 0 atom stereocenters. The van der Waals surface area contributed by atoms with Gasteiger partial charge in [0.2, 0.25) is 0 Å². The van der Waals surface area contributed by atoms with Crippen molar-refractivity contribution in [2.75, 3.05) is 12.9 Å². The lowest BCUT2D eigenvalue weighted by atomic mass is 10.1. The van der Waals surface area contributed by atoms with E-state index in [0.29, 0.717) is 12.2 Å². The van der Waals surface area contributed by atoms with Crippen molar-refractivity contribution in [1.82, 2.24) is 0 Å². The van der Waals surface area contributed by atoms with E-state index in [1.54, 1.807) is 13.2 Å². The molecule has 3 nitrogen and oxygen atoms in total. The van der Waals surface area contributed by atoms with Crippen LogP contribution in [0.3, 0.4) is 0 Å². The fourth-order valence-electron chi connectivity index (χ4n) is 2.23. The van der Waals surface area contributed by atoms with Crippen LogP contribution in [0.5, 0.6) is 5.75 Å². The molecule has 2 aromatic rings. The summed E-state index contributed by atoms with van der Waals surface area (Å²) in [5.74, 6) is 0.963. The van der Waals surface area contributed by atoms with Crippen LogP contribution >= 0.6 is 0 Å². The van der Waals surface area contributed by atoms with Gasteiger partial charge in [0.15, 0.2) is 9.84 Å². The van der Waals surface area contributed by atoms with Crippen LogP contribution in [0.2, 0.25) is 0 Å². The molecule has 0 heterocycles. The highest BCUT2D eigenvalue weighted by Crippen LogP contribution is 2.16. The van der Waals surface area contributed by atoms with Gasteiger partial charge in [0.25, 0.3) is 0 Å². The minimum Gasteiger partial charge on any atom is -0.497 e. The SMILES string of the molecule is COc1cccc(CS(=O)(=O)CCCc2ccccc2)c1. The summed E-state index contributed by atoms with van der Waals surface area (Å²) in [5.41, 5.74) is 1.95. The summed E-state index contributed by atoms with van der Waals surface area (Å²) in [6, 6.07) is 17.2. The van der Waals surface area contributed by atoms with E-state index in [2.05, 4.69) is 0 Å². The van der Waals surface area contributed by atoms with Crippen LogP contribution in [-0.4, -0.2) is 21.3 Å². The third-order valence-electron chi connectivity index (χ3n) is 3.28. The molecule has 0 radical (unpaired) electrons. The standard InChI is InChI=1S/C17H20O3S/c1-20-17-11-5-9-16(13-17)14-21(18,19)12-6-10-15-7-3-2-4-8-15/h2-5,7-9,11,13H,6,10,12,14H2,1H3. The van der Waals surface area contributed by atoms with E-state index in [0.717, 1.165) is 12.0 Å². The maximum atomic E-state index is 12.1. The molecule has 0 spiro atoms. The normalized spacial score (nSPS) is 11.3. The van der Waals surface area contributed by atoms with Gasteiger partial charge >= 0.3 is 0 Å². The van der Waals surface area contributed by atoms with Crippen LogP contribution in [0, 0.1) is 0 Å². The molecule has 0 aromatic heterocycles. The molecular formula is C17H20O3S. The first-order valence-corrected chi connectivity index (χ1v) is 8.78. The Morgan fingerprint density at radius 2 is 1.67 bits per heavy atom. The van der Waals surface area contributed by atoms with Crippen molar-refractivity contribution in [3.05, 3.63) is 65.7 Å². The number of sulfone groups is 1. The van der Waals surface area contributed by atoms with Crippen molar-refractivity contribution in [2.24, 2.45) is 0 Å². The van der Waals surface area contributed by atoms with Gasteiger partial charge in [-0.1, -0.05) is 42.5 Å². The van der Waals surface area contributed by atoms with Gasteiger partial charge in [0, 0.05) is 0 Å². The molecule has 112 valence electrons. The highest BCUT2D eigenvalue weighted by atomic mass is 32.2. The topological polar surface area (TPSA) is 43.4 Å². The first-order chi connectivity index (χ1) is 10.1. The Balaban J connectivity index is 1.89. The minimum absolute atomic E-state index is 0.0684. The van der Waals surface area contributed by atoms with Gasteiger partial charge in [-0.15, -0.1) is 0 Å². The van der Waals surface area contributed by atoms with E-state index in [1.165, 1.54) is 5.56 Å². The summed E-state index contributed by atoms with van der Waals surface area (Å²) in [7, 11) is -1.51. The summed E-state index contributed by atoms with van der Waals surface area (Å²) in [5, 5.41) is 0.